The molecule has 1 aromatic rings. The van der Waals surface area contributed by atoms with Gasteiger partial charge in [0.05, 0.1) is 8.07 Å². The third-order valence-electron chi connectivity index (χ3n) is 2.99. The van der Waals surface area contributed by atoms with Crippen molar-refractivity contribution in [2.75, 3.05) is 24.6 Å². The first-order valence-electron chi connectivity index (χ1n) is 6.28. The third-order valence-corrected chi connectivity index (χ3v) is 5.24. The Morgan fingerprint density at radius 3 is 2.47 bits per heavy atom. The molecular formula is C14H22ClNO2Si. The van der Waals surface area contributed by atoms with E-state index in [2.05, 4.69) is 25.7 Å². The lowest BCUT2D eigenvalue weighted by Crippen LogP contribution is -2.45. The largest absolute Gasteiger partial charge is 0.364 e. The summed E-state index contributed by atoms with van der Waals surface area (Å²) in [6.45, 7) is 9.04. The standard InChI is InChI=1S/C14H22ClNO2Si/c1-11-7-6-8-12(19(3,4)5)14(11)16(10-18-2)13(17)9-15/h6-8H,9-10H2,1-5H3. The molecule has 0 radical (unpaired) electrons. The van der Waals surface area contributed by atoms with E-state index in [0.29, 0.717) is 0 Å². The average Bonchev–Trinajstić information content (AvgIpc) is 2.34. The molecule has 0 saturated carbocycles. The van der Waals surface area contributed by atoms with Gasteiger partial charge in [0.1, 0.15) is 12.6 Å². The second kappa shape index (κ2) is 6.55. The third kappa shape index (κ3) is 3.81. The van der Waals surface area contributed by atoms with Crippen molar-refractivity contribution in [1.82, 2.24) is 0 Å². The summed E-state index contributed by atoms with van der Waals surface area (Å²) in [4.78, 5) is 13.7. The first kappa shape index (κ1) is 16.2. The number of ether oxygens (including phenoxy) is 1. The summed E-state index contributed by atoms with van der Waals surface area (Å²) in [6, 6.07) is 6.17. The fourth-order valence-electron chi connectivity index (χ4n) is 2.08. The number of aryl methyl sites for hydroxylation is 1. The first-order chi connectivity index (χ1) is 8.82. The van der Waals surface area contributed by atoms with E-state index in [1.165, 1.54) is 5.19 Å². The van der Waals surface area contributed by atoms with Gasteiger partial charge in [0.2, 0.25) is 5.91 Å². The lowest BCUT2D eigenvalue weighted by atomic mass is 10.2. The van der Waals surface area contributed by atoms with Gasteiger partial charge in [-0.15, -0.1) is 11.6 Å². The van der Waals surface area contributed by atoms with E-state index < -0.39 is 8.07 Å². The normalized spacial score (nSPS) is 11.5. The highest BCUT2D eigenvalue weighted by Crippen LogP contribution is 2.22. The zero-order chi connectivity index (χ0) is 14.6. The van der Waals surface area contributed by atoms with Crippen LogP contribution in [0.5, 0.6) is 0 Å². The average molecular weight is 300 g/mol. The number of anilines is 1. The number of rotatable bonds is 5. The second-order valence-electron chi connectivity index (χ2n) is 5.59. The maximum Gasteiger partial charge on any atom is 0.243 e. The predicted octanol–water partition coefficient (Wildman–Crippen LogP) is 2.72. The molecule has 0 aliphatic carbocycles. The van der Waals surface area contributed by atoms with Crippen molar-refractivity contribution in [1.29, 1.82) is 0 Å². The molecular weight excluding hydrogens is 278 g/mol. The van der Waals surface area contributed by atoms with Gasteiger partial charge in [-0.1, -0.05) is 37.8 Å². The molecule has 0 atom stereocenters. The SMILES string of the molecule is COCN(C(=O)CCl)c1c(C)cccc1[Si](C)(C)C. The smallest absolute Gasteiger partial charge is 0.243 e. The Labute approximate surface area is 121 Å². The molecule has 5 heteroatoms. The minimum absolute atomic E-state index is 0.0389. The van der Waals surface area contributed by atoms with Crippen LogP contribution in [0.4, 0.5) is 5.69 Å². The number of benzene rings is 1. The highest BCUT2D eigenvalue weighted by Gasteiger charge is 2.26. The zero-order valence-corrected chi connectivity index (χ0v) is 14.0. The molecule has 0 fully saturated rings. The van der Waals surface area contributed by atoms with Crippen molar-refractivity contribution in [3.8, 4) is 0 Å². The van der Waals surface area contributed by atoms with E-state index in [1.54, 1.807) is 12.0 Å². The van der Waals surface area contributed by atoms with Gasteiger partial charge < -0.3 is 4.74 Å². The number of para-hydroxylation sites is 1. The van der Waals surface area contributed by atoms with Crippen LogP contribution in [0.25, 0.3) is 0 Å². The molecule has 0 spiro atoms. The van der Waals surface area contributed by atoms with Crippen LogP contribution in [0.15, 0.2) is 18.2 Å². The van der Waals surface area contributed by atoms with Gasteiger partial charge in [0.15, 0.2) is 0 Å². The van der Waals surface area contributed by atoms with Crippen molar-refractivity contribution in [2.24, 2.45) is 0 Å². The van der Waals surface area contributed by atoms with Crippen molar-refractivity contribution >= 4 is 36.5 Å². The second-order valence-corrected chi connectivity index (χ2v) is 10.9. The molecule has 0 saturated heterocycles. The molecule has 106 valence electrons. The summed E-state index contributed by atoms with van der Waals surface area (Å²) < 4.78 is 5.17. The van der Waals surface area contributed by atoms with Crippen LogP contribution in [-0.4, -0.2) is 33.7 Å². The molecule has 1 aromatic carbocycles. The van der Waals surface area contributed by atoms with Crippen molar-refractivity contribution in [3.63, 3.8) is 0 Å². The van der Waals surface area contributed by atoms with Crippen LogP contribution in [-0.2, 0) is 9.53 Å². The van der Waals surface area contributed by atoms with Crippen molar-refractivity contribution in [2.45, 2.75) is 26.6 Å². The number of carbonyl (C=O) groups excluding carboxylic acids is 1. The number of methoxy groups -OCH3 is 1. The fraction of sp³-hybridized carbons (Fsp3) is 0.500. The van der Waals surface area contributed by atoms with Gasteiger partial charge >= 0.3 is 0 Å². The van der Waals surface area contributed by atoms with Crippen LogP contribution in [0.2, 0.25) is 19.6 Å². The van der Waals surface area contributed by atoms with Gasteiger partial charge in [0, 0.05) is 12.8 Å². The molecule has 0 bridgehead atoms. The Morgan fingerprint density at radius 1 is 1.37 bits per heavy atom. The highest BCUT2D eigenvalue weighted by molar-refractivity contribution is 6.89. The summed E-state index contributed by atoms with van der Waals surface area (Å²) in [5.41, 5.74) is 2.05. The lowest BCUT2D eigenvalue weighted by molar-refractivity contribution is -0.117. The van der Waals surface area contributed by atoms with Gasteiger partial charge in [0.25, 0.3) is 0 Å². The van der Waals surface area contributed by atoms with Gasteiger partial charge in [-0.3, -0.25) is 9.69 Å². The van der Waals surface area contributed by atoms with Crippen LogP contribution in [0.3, 0.4) is 0 Å². The van der Waals surface area contributed by atoms with Gasteiger partial charge in [-0.2, -0.15) is 0 Å². The predicted molar refractivity (Wildman–Crippen MR) is 84.2 cm³/mol. The topological polar surface area (TPSA) is 29.5 Å². The number of hydrogen-bond donors (Lipinski definition) is 0. The van der Waals surface area contributed by atoms with E-state index in [0.717, 1.165) is 11.3 Å². The molecule has 0 unspecified atom stereocenters. The quantitative estimate of drug-likeness (QED) is 0.475. The minimum Gasteiger partial charge on any atom is -0.364 e. The molecule has 3 nitrogen and oxygen atoms in total. The molecule has 19 heavy (non-hydrogen) atoms. The van der Waals surface area contributed by atoms with Gasteiger partial charge in [-0.05, 0) is 17.7 Å². The van der Waals surface area contributed by atoms with Gasteiger partial charge in [-0.25, -0.2) is 0 Å². The molecule has 0 aliphatic heterocycles. The molecule has 0 N–H and O–H groups in total. The first-order valence-corrected chi connectivity index (χ1v) is 10.3. The summed E-state index contributed by atoms with van der Waals surface area (Å²) in [6.07, 6.45) is 0. The number of alkyl halides is 1. The number of carbonyl (C=O) groups is 1. The lowest BCUT2D eigenvalue weighted by Gasteiger charge is -2.30. The highest BCUT2D eigenvalue weighted by atomic mass is 35.5. The van der Waals surface area contributed by atoms with E-state index >= 15 is 0 Å². The Balaban J connectivity index is 3.40. The van der Waals surface area contributed by atoms with Crippen LogP contribution in [0, 0.1) is 6.92 Å². The van der Waals surface area contributed by atoms with E-state index in [4.69, 9.17) is 16.3 Å². The molecule has 1 rings (SSSR count). The fourth-order valence-corrected chi connectivity index (χ4v) is 3.87. The van der Waals surface area contributed by atoms with E-state index in [-0.39, 0.29) is 18.5 Å². The number of hydrogen-bond acceptors (Lipinski definition) is 2. The van der Waals surface area contributed by atoms with Crippen molar-refractivity contribution < 1.29 is 9.53 Å². The number of nitrogens with zero attached hydrogens (tertiary/aromatic N) is 1. The van der Waals surface area contributed by atoms with E-state index in [9.17, 15) is 4.79 Å². The Morgan fingerprint density at radius 2 is 2.00 bits per heavy atom. The molecule has 0 aliphatic rings. The number of halogens is 1. The van der Waals surface area contributed by atoms with Crippen LogP contribution < -0.4 is 10.1 Å². The minimum atomic E-state index is -1.55. The summed E-state index contributed by atoms with van der Waals surface area (Å²) in [5, 5.41) is 1.25. The van der Waals surface area contributed by atoms with Crippen LogP contribution in [0.1, 0.15) is 5.56 Å². The summed E-state index contributed by atoms with van der Waals surface area (Å²) in [7, 11) is 0.0321. The zero-order valence-electron chi connectivity index (χ0n) is 12.3. The molecule has 1 amide bonds. The Kier molecular flexibility index (Phi) is 5.59. The summed E-state index contributed by atoms with van der Waals surface area (Å²) >= 11 is 5.72. The molecule has 0 heterocycles. The maximum atomic E-state index is 12.1. The Bertz CT molecular complexity index is 457. The monoisotopic (exact) mass is 299 g/mol. The summed E-state index contributed by atoms with van der Waals surface area (Å²) in [5.74, 6) is -0.166. The van der Waals surface area contributed by atoms with E-state index in [1.807, 2.05) is 19.1 Å². The number of amides is 1. The molecule has 0 aromatic heterocycles. The van der Waals surface area contributed by atoms with Crippen molar-refractivity contribution in [3.05, 3.63) is 23.8 Å². The Hall–Kier alpha value is -0.843. The maximum absolute atomic E-state index is 12.1. The van der Waals surface area contributed by atoms with Crippen LogP contribution >= 0.6 is 11.6 Å².